The molecule has 0 aliphatic carbocycles. The molecular formula is C5H10O2. The lowest BCUT2D eigenvalue weighted by Gasteiger charge is -1.85. The standard InChI is InChI=1S/C5H10O2/c1-2-3-4-5(6)7/h2-4H2,1H3,(H,6,7)/i2D,3D,4D/t2-,3+,4+/m0/s1. The van der Waals surface area contributed by atoms with Crippen molar-refractivity contribution in [1.82, 2.24) is 0 Å². The fourth-order valence-electron chi connectivity index (χ4n) is 0.179. The fraction of sp³-hybridized carbons (Fsp3) is 0.800. The van der Waals surface area contributed by atoms with Crippen LogP contribution in [0.5, 0.6) is 0 Å². The molecule has 0 aromatic rings. The number of hydrogen-bond acceptors (Lipinski definition) is 1. The van der Waals surface area contributed by atoms with Gasteiger partial charge >= 0.3 is 5.97 Å². The second-order valence-electron chi connectivity index (χ2n) is 1.03. The predicted octanol–water partition coefficient (Wildman–Crippen LogP) is 1.26. The van der Waals surface area contributed by atoms with Gasteiger partial charge in [0.2, 0.25) is 0 Å². The number of hydrogen-bond donors (Lipinski definition) is 1. The van der Waals surface area contributed by atoms with Crippen molar-refractivity contribution in [2.45, 2.75) is 26.1 Å². The van der Waals surface area contributed by atoms with Crippen molar-refractivity contribution < 1.29 is 14.0 Å². The Labute approximate surface area is 47.4 Å². The van der Waals surface area contributed by atoms with Crippen molar-refractivity contribution in [3.63, 3.8) is 0 Å². The van der Waals surface area contributed by atoms with Crippen LogP contribution in [0, 0.1) is 0 Å². The molecule has 0 aliphatic rings. The minimum absolute atomic E-state index is 0.821. The summed E-state index contributed by atoms with van der Waals surface area (Å²) in [5, 5.41) is 8.21. The molecular weight excluding hydrogens is 92.1 g/mol. The Morgan fingerprint density at radius 1 is 2.00 bits per heavy atom. The third-order valence-corrected chi connectivity index (χ3v) is 0.431. The summed E-state index contributed by atoms with van der Waals surface area (Å²) in [5.41, 5.74) is 0. The number of carboxylic acids is 1. The molecule has 0 radical (unpaired) electrons. The van der Waals surface area contributed by atoms with Gasteiger partial charge in [-0.3, -0.25) is 4.79 Å². The van der Waals surface area contributed by atoms with Gasteiger partial charge in [0.15, 0.2) is 0 Å². The third kappa shape index (κ3) is 5.47. The molecule has 0 saturated carbocycles. The molecule has 42 valence electrons. The monoisotopic (exact) mass is 105 g/mol. The minimum Gasteiger partial charge on any atom is -0.481 e. The highest BCUT2D eigenvalue weighted by molar-refractivity contribution is 5.66. The normalized spacial score (nSPS) is 28.4. The van der Waals surface area contributed by atoms with Crippen LogP contribution in [0.25, 0.3) is 0 Å². The van der Waals surface area contributed by atoms with Gasteiger partial charge in [-0.1, -0.05) is 13.3 Å². The highest BCUT2D eigenvalue weighted by atomic mass is 16.4. The van der Waals surface area contributed by atoms with E-state index in [1.165, 1.54) is 6.92 Å². The fourth-order valence-corrected chi connectivity index (χ4v) is 0.179. The Kier molecular flexibility index (Phi) is 1.41. The van der Waals surface area contributed by atoms with Crippen LogP contribution in [0.1, 0.15) is 30.2 Å². The minimum atomic E-state index is -1.49. The zero-order chi connectivity index (χ0) is 8.31. The number of carbonyl (C=O) groups is 1. The van der Waals surface area contributed by atoms with Gasteiger partial charge in [0, 0.05) is 10.5 Å². The van der Waals surface area contributed by atoms with E-state index >= 15 is 0 Å². The van der Waals surface area contributed by atoms with E-state index in [0.717, 1.165) is 0 Å². The molecule has 2 nitrogen and oxygen atoms in total. The van der Waals surface area contributed by atoms with Crippen molar-refractivity contribution in [2.24, 2.45) is 0 Å². The maximum atomic E-state index is 10.1. The number of rotatable bonds is 3. The molecule has 0 fully saturated rings. The van der Waals surface area contributed by atoms with Gasteiger partial charge < -0.3 is 5.11 Å². The van der Waals surface area contributed by atoms with Crippen molar-refractivity contribution in [3.05, 3.63) is 0 Å². The highest BCUT2D eigenvalue weighted by Crippen LogP contribution is 1.91. The van der Waals surface area contributed by atoms with E-state index in [4.69, 9.17) is 9.22 Å². The van der Waals surface area contributed by atoms with Crippen LogP contribution in [0.2, 0.25) is 0 Å². The Morgan fingerprint density at radius 2 is 2.57 bits per heavy atom. The molecule has 0 bridgehead atoms. The van der Waals surface area contributed by atoms with E-state index in [1.54, 1.807) is 0 Å². The summed E-state index contributed by atoms with van der Waals surface area (Å²) in [5.74, 6) is -1.33. The molecule has 0 rings (SSSR count). The summed E-state index contributed by atoms with van der Waals surface area (Å²) in [4.78, 5) is 10.1. The van der Waals surface area contributed by atoms with Crippen molar-refractivity contribution in [3.8, 4) is 0 Å². The maximum Gasteiger partial charge on any atom is 0.303 e. The van der Waals surface area contributed by atoms with Crippen LogP contribution in [0.15, 0.2) is 0 Å². The number of carboxylic acid groups (broad SMARTS) is 1. The summed E-state index contributed by atoms with van der Waals surface area (Å²) < 4.78 is 20.8. The van der Waals surface area contributed by atoms with E-state index in [-0.39, 0.29) is 0 Å². The zero-order valence-corrected chi connectivity index (χ0v) is 4.09. The van der Waals surface area contributed by atoms with Crippen LogP contribution in [0.3, 0.4) is 0 Å². The van der Waals surface area contributed by atoms with Crippen LogP contribution >= 0.6 is 0 Å². The average molecular weight is 105 g/mol. The smallest absolute Gasteiger partial charge is 0.303 e. The van der Waals surface area contributed by atoms with E-state index in [1.807, 2.05) is 0 Å². The third-order valence-electron chi connectivity index (χ3n) is 0.431. The molecule has 0 unspecified atom stereocenters. The molecule has 2 heteroatoms. The second kappa shape index (κ2) is 3.65. The van der Waals surface area contributed by atoms with Crippen LogP contribution < -0.4 is 0 Å². The quantitative estimate of drug-likeness (QED) is 0.586. The Balaban J connectivity index is 3.94. The first-order valence-electron chi connectivity index (χ1n) is 3.69. The van der Waals surface area contributed by atoms with Crippen molar-refractivity contribution in [1.29, 1.82) is 0 Å². The van der Waals surface area contributed by atoms with Crippen LogP contribution in [-0.2, 0) is 4.79 Å². The van der Waals surface area contributed by atoms with Crippen molar-refractivity contribution in [2.75, 3.05) is 0 Å². The molecule has 0 amide bonds. The molecule has 0 spiro atoms. The Morgan fingerprint density at radius 3 is 2.71 bits per heavy atom. The second-order valence-corrected chi connectivity index (χ2v) is 1.03. The van der Waals surface area contributed by atoms with Gasteiger partial charge in [0.05, 0.1) is 0 Å². The summed E-state index contributed by atoms with van der Waals surface area (Å²) >= 11 is 0. The van der Waals surface area contributed by atoms with Gasteiger partial charge in [-0.05, 0) is 6.40 Å². The van der Waals surface area contributed by atoms with E-state index in [9.17, 15) is 4.79 Å². The van der Waals surface area contributed by atoms with Gasteiger partial charge in [0.1, 0.15) is 0 Å². The largest absolute Gasteiger partial charge is 0.481 e. The zero-order valence-electron chi connectivity index (χ0n) is 7.09. The van der Waals surface area contributed by atoms with Gasteiger partial charge in [0.25, 0.3) is 0 Å². The number of aliphatic carboxylic acids is 1. The van der Waals surface area contributed by atoms with Gasteiger partial charge in [-0.25, -0.2) is 0 Å². The summed E-state index contributed by atoms with van der Waals surface area (Å²) in [6, 6.07) is 0. The molecule has 0 aliphatic heterocycles. The SMILES string of the molecule is [2H][C@H]([C@@H]([2H])C)[C@@H]([2H])C(=O)O. The lowest BCUT2D eigenvalue weighted by Crippen LogP contribution is -1.91. The summed E-state index contributed by atoms with van der Waals surface area (Å²) in [7, 11) is 0. The summed E-state index contributed by atoms with van der Waals surface area (Å²) in [6.45, 7) is 1.40. The predicted molar refractivity (Wildman–Crippen MR) is 27.2 cm³/mol. The van der Waals surface area contributed by atoms with E-state index in [0.29, 0.717) is 0 Å². The van der Waals surface area contributed by atoms with Gasteiger partial charge in [-0.15, -0.1) is 0 Å². The lowest BCUT2D eigenvalue weighted by molar-refractivity contribution is -0.137. The average Bonchev–Trinajstić information content (AvgIpc) is 1.84. The first-order chi connectivity index (χ1) is 4.46. The van der Waals surface area contributed by atoms with E-state index < -0.39 is 25.2 Å². The topological polar surface area (TPSA) is 37.3 Å². The Hall–Kier alpha value is -0.530. The van der Waals surface area contributed by atoms with Crippen molar-refractivity contribution >= 4 is 5.97 Å². The maximum absolute atomic E-state index is 10.1. The molecule has 0 heterocycles. The first kappa shape index (κ1) is 2.70. The highest BCUT2D eigenvalue weighted by Gasteiger charge is 1.90. The van der Waals surface area contributed by atoms with Crippen LogP contribution in [-0.4, -0.2) is 11.1 Å². The summed E-state index contributed by atoms with van der Waals surface area (Å²) in [6.07, 6.45) is -3.47. The Bertz CT molecular complexity index is 126. The molecule has 0 aromatic carbocycles. The van der Waals surface area contributed by atoms with Crippen LogP contribution in [0.4, 0.5) is 0 Å². The molecule has 0 aromatic heterocycles. The molecule has 0 saturated heterocycles. The lowest BCUT2D eigenvalue weighted by atomic mass is 10.3. The molecule has 7 heavy (non-hydrogen) atoms. The first-order valence-corrected chi connectivity index (χ1v) is 1.96. The van der Waals surface area contributed by atoms with Gasteiger partial charge in [-0.2, -0.15) is 0 Å². The van der Waals surface area contributed by atoms with E-state index in [2.05, 4.69) is 0 Å². The molecule has 1 N–H and O–H groups in total. The molecule has 3 atom stereocenters.